The van der Waals surface area contributed by atoms with E-state index in [1.54, 1.807) is 0 Å². The summed E-state index contributed by atoms with van der Waals surface area (Å²) in [6, 6.07) is 69.3. The average Bonchev–Trinajstić information content (AvgIpc) is 3.73. The summed E-state index contributed by atoms with van der Waals surface area (Å²) in [7, 11) is 0. The molecule has 242 valence electrons. The molecule has 52 heavy (non-hydrogen) atoms. The molecule has 0 amide bonds. The Morgan fingerprint density at radius 3 is 1.00 bits per heavy atom. The van der Waals surface area contributed by atoms with Gasteiger partial charge in [-0.1, -0.05) is 103 Å². The van der Waals surface area contributed by atoms with Crippen molar-refractivity contribution in [3.05, 3.63) is 194 Å². The monoisotopic (exact) mass is 661 g/mol. The minimum absolute atomic E-state index is 0.651. The molecule has 0 bridgehead atoms. The largest absolute Gasteiger partial charge is 0.309 e. The van der Waals surface area contributed by atoms with E-state index in [2.05, 4.69) is 179 Å². The first-order chi connectivity index (χ1) is 25.7. The minimum atomic E-state index is 0.651. The second-order valence-electron chi connectivity index (χ2n) is 13.3. The van der Waals surface area contributed by atoms with Crippen LogP contribution in [0.4, 0.5) is 0 Å². The number of fused-ring (bicyclic) bond motifs is 6. The predicted molar refractivity (Wildman–Crippen MR) is 216 cm³/mol. The van der Waals surface area contributed by atoms with E-state index >= 15 is 0 Å². The van der Waals surface area contributed by atoms with Crippen molar-refractivity contribution < 1.29 is 0 Å². The molecule has 0 aliphatic carbocycles. The fraction of sp³-hybridized carbons (Fsp3) is 0. The third-order valence-electron chi connectivity index (χ3n) is 10.3. The summed E-state index contributed by atoms with van der Waals surface area (Å²) in [4.78, 5) is 0. The summed E-state index contributed by atoms with van der Waals surface area (Å²) in [6.45, 7) is 0. The average molecular weight is 662 g/mol. The van der Waals surface area contributed by atoms with Crippen molar-refractivity contribution in [1.29, 1.82) is 5.26 Å². The lowest BCUT2D eigenvalue weighted by molar-refractivity contribution is 1.18. The Balaban J connectivity index is 1.20. The summed E-state index contributed by atoms with van der Waals surface area (Å²) in [5.74, 6) is 0. The Hall–Kier alpha value is -7.15. The molecule has 2 aromatic heterocycles. The molecule has 0 aliphatic heterocycles. The number of hydrogen-bond donors (Lipinski definition) is 0. The van der Waals surface area contributed by atoms with Crippen molar-refractivity contribution in [1.82, 2.24) is 9.13 Å². The highest BCUT2D eigenvalue weighted by atomic mass is 15.0. The Labute approximate surface area is 301 Å². The van der Waals surface area contributed by atoms with Crippen LogP contribution in [0.1, 0.15) is 5.56 Å². The van der Waals surface area contributed by atoms with Gasteiger partial charge in [0, 0.05) is 32.9 Å². The van der Waals surface area contributed by atoms with Gasteiger partial charge in [0.2, 0.25) is 0 Å². The van der Waals surface area contributed by atoms with Crippen LogP contribution in [0.15, 0.2) is 188 Å². The summed E-state index contributed by atoms with van der Waals surface area (Å²) in [5.41, 5.74) is 14.6. The van der Waals surface area contributed by atoms with Gasteiger partial charge in [0.25, 0.3) is 0 Å². The molecule has 10 rings (SSSR count). The summed E-state index contributed by atoms with van der Waals surface area (Å²) in [5, 5.41) is 14.3. The molecule has 0 unspecified atom stereocenters. The predicted octanol–water partition coefficient (Wildman–Crippen LogP) is 12.8. The lowest BCUT2D eigenvalue weighted by Crippen LogP contribution is -1.94. The van der Waals surface area contributed by atoms with E-state index in [1.807, 2.05) is 24.3 Å². The molecule has 10 aromatic rings. The van der Waals surface area contributed by atoms with Gasteiger partial charge in [-0.3, -0.25) is 0 Å². The first kappa shape index (κ1) is 29.7. The third-order valence-corrected chi connectivity index (χ3v) is 10.3. The van der Waals surface area contributed by atoms with Gasteiger partial charge < -0.3 is 9.13 Å². The zero-order chi connectivity index (χ0) is 34.6. The molecule has 3 heteroatoms. The number of para-hydroxylation sites is 1. The number of rotatable bonds is 5. The molecular weight excluding hydrogens is 631 g/mol. The second kappa shape index (κ2) is 12.0. The first-order valence-corrected chi connectivity index (χ1v) is 17.6. The quantitative estimate of drug-likeness (QED) is 0.181. The standard InChI is InChI=1S/C49H31N3/c50-32-33-16-22-41(23-17-33)52-48-25-19-37(35-12-6-2-7-13-35)29-43(48)45-31-39(21-27-49(45)52)38-20-26-47-44(30-38)42-28-36(34-10-4-1-5-11-34)18-24-46(42)51(47)40-14-8-3-9-15-40/h1-31H. The molecule has 0 spiro atoms. The summed E-state index contributed by atoms with van der Waals surface area (Å²) < 4.78 is 4.69. The second-order valence-corrected chi connectivity index (χ2v) is 13.3. The number of nitrogens with zero attached hydrogens (tertiary/aromatic N) is 3. The number of nitriles is 1. The van der Waals surface area contributed by atoms with E-state index in [0.29, 0.717) is 5.56 Å². The van der Waals surface area contributed by atoms with Crippen LogP contribution in [0, 0.1) is 11.3 Å². The fourth-order valence-corrected chi connectivity index (χ4v) is 7.84. The zero-order valence-electron chi connectivity index (χ0n) is 28.2. The van der Waals surface area contributed by atoms with Crippen LogP contribution >= 0.6 is 0 Å². The van der Waals surface area contributed by atoms with E-state index < -0.39 is 0 Å². The Morgan fingerprint density at radius 2 is 0.635 bits per heavy atom. The fourth-order valence-electron chi connectivity index (χ4n) is 7.84. The van der Waals surface area contributed by atoms with Crippen LogP contribution in [0.2, 0.25) is 0 Å². The Kier molecular flexibility index (Phi) is 6.87. The molecule has 0 radical (unpaired) electrons. The van der Waals surface area contributed by atoms with E-state index in [4.69, 9.17) is 0 Å². The van der Waals surface area contributed by atoms with Crippen LogP contribution in [-0.2, 0) is 0 Å². The normalized spacial score (nSPS) is 11.4. The van der Waals surface area contributed by atoms with Crippen LogP contribution in [0.25, 0.3) is 88.4 Å². The van der Waals surface area contributed by atoms with E-state index in [1.165, 1.54) is 66.0 Å². The van der Waals surface area contributed by atoms with Gasteiger partial charge in [0.05, 0.1) is 33.7 Å². The smallest absolute Gasteiger partial charge is 0.0991 e. The maximum Gasteiger partial charge on any atom is 0.0991 e. The molecule has 3 nitrogen and oxygen atoms in total. The molecule has 2 heterocycles. The van der Waals surface area contributed by atoms with Gasteiger partial charge in [-0.2, -0.15) is 5.26 Å². The van der Waals surface area contributed by atoms with Gasteiger partial charge in [0.15, 0.2) is 0 Å². The Morgan fingerprint density at radius 1 is 0.308 bits per heavy atom. The van der Waals surface area contributed by atoms with Crippen molar-refractivity contribution in [2.45, 2.75) is 0 Å². The maximum absolute atomic E-state index is 9.47. The highest BCUT2D eigenvalue weighted by molar-refractivity contribution is 6.14. The van der Waals surface area contributed by atoms with Gasteiger partial charge in [-0.25, -0.2) is 0 Å². The van der Waals surface area contributed by atoms with Crippen molar-refractivity contribution >= 4 is 43.6 Å². The van der Waals surface area contributed by atoms with Gasteiger partial charge in [0.1, 0.15) is 0 Å². The first-order valence-electron chi connectivity index (χ1n) is 17.6. The third kappa shape index (κ3) is 4.81. The summed E-state index contributed by atoms with van der Waals surface area (Å²) >= 11 is 0. The summed E-state index contributed by atoms with van der Waals surface area (Å²) in [6.07, 6.45) is 0. The molecule has 0 saturated heterocycles. The van der Waals surface area contributed by atoms with Crippen LogP contribution < -0.4 is 0 Å². The number of aromatic nitrogens is 2. The number of hydrogen-bond acceptors (Lipinski definition) is 1. The van der Waals surface area contributed by atoms with Crippen LogP contribution in [0.3, 0.4) is 0 Å². The van der Waals surface area contributed by atoms with Crippen molar-refractivity contribution in [2.75, 3.05) is 0 Å². The van der Waals surface area contributed by atoms with Crippen molar-refractivity contribution in [3.63, 3.8) is 0 Å². The molecule has 0 aliphatic rings. The molecular formula is C49H31N3. The highest BCUT2D eigenvalue weighted by Crippen LogP contribution is 2.40. The van der Waals surface area contributed by atoms with Gasteiger partial charge in [-0.15, -0.1) is 0 Å². The van der Waals surface area contributed by atoms with Gasteiger partial charge in [-0.05, 0) is 118 Å². The lowest BCUT2D eigenvalue weighted by Gasteiger charge is -2.09. The maximum atomic E-state index is 9.47. The Bertz CT molecular complexity index is 2980. The zero-order valence-corrected chi connectivity index (χ0v) is 28.2. The lowest BCUT2D eigenvalue weighted by atomic mass is 9.98. The van der Waals surface area contributed by atoms with Crippen molar-refractivity contribution in [2.24, 2.45) is 0 Å². The van der Waals surface area contributed by atoms with Crippen LogP contribution in [0.5, 0.6) is 0 Å². The topological polar surface area (TPSA) is 33.6 Å². The molecule has 0 fully saturated rings. The van der Waals surface area contributed by atoms with Gasteiger partial charge >= 0.3 is 0 Å². The molecule has 0 N–H and O–H groups in total. The van der Waals surface area contributed by atoms with E-state index in [-0.39, 0.29) is 0 Å². The molecule has 0 saturated carbocycles. The molecule has 0 atom stereocenters. The van der Waals surface area contributed by atoms with Crippen molar-refractivity contribution in [3.8, 4) is 50.8 Å². The van der Waals surface area contributed by atoms with Crippen LogP contribution in [-0.4, -0.2) is 9.13 Å². The van der Waals surface area contributed by atoms with E-state index in [0.717, 1.165) is 22.4 Å². The number of benzene rings is 8. The van der Waals surface area contributed by atoms with E-state index in [9.17, 15) is 5.26 Å². The SMILES string of the molecule is N#Cc1ccc(-n2c3ccc(-c4ccccc4)cc3c3cc(-c4ccc5c(c4)c4cc(-c6ccccc6)ccc4n5-c4ccccc4)ccc32)cc1. The molecule has 8 aromatic carbocycles. The highest BCUT2D eigenvalue weighted by Gasteiger charge is 2.17. The minimum Gasteiger partial charge on any atom is -0.309 e.